The predicted molar refractivity (Wildman–Crippen MR) is 113 cm³/mol. The Balaban J connectivity index is 1.56. The Morgan fingerprint density at radius 2 is 2.00 bits per heavy atom. The van der Waals surface area contributed by atoms with Gasteiger partial charge in [0.05, 0.1) is 21.3 Å². The van der Waals surface area contributed by atoms with Crippen molar-refractivity contribution in [3.63, 3.8) is 0 Å². The minimum Gasteiger partial charge on any atom is -0.507 e. The number of nitrogens with zero attached hydrogens (tertiary/aromatic N) is 1. The molecule has 164 valence electrons. The molecule has 2 heterocycles. The summed E-state index contributed by atoms with van der Waals surface area (Å²) in [5.41, 5.74) is 0.115. The molecule has 1 aliphatic rings. The number of aromatic hydroxyl groups is 1. The van der Waals surface area contributed by atoms with Gasteiger partial charge in [-0.3, -0.25) is 10.1 Å². The molecule has 1 amide bonds. The Labute approximate surface area is 184 Å². The molecule has 0 atom stereocenters. The maximum Gasteiger partial charge on any atom is 0.416 e. The molecule has 31 heavy (non-hydrogen) atoms. The van der Waals surface area contributed by atoms with Gasteiger partial charge in [0.25, 0.3) is 5.91 Å². The van der Waals surface area contributed by atoms with Gasteiger partial charge in [0.1, 0.15) is 5.75 Å². The number of halogens is 4. The summed E-state index contributed by atoms with van der Waals surface area (Å²) in [5.74, 6) is -0.474. The van der Waals surface area contributed by atoms with E-state index in [1.165, 1.54) is 12.1 Å². The van der Waals surface area contributed by atoms with Crippen molar-refractivity contribution in [2.75, 3.05) is 18.5 Å². The van der Waals surface area contributed by atoms with E-state index >= 15 is 0 Å². The van der Waals surface area contributed by atoms with Crippen molar-refractivity contribution in [2.24, 2.45) is 5.92 Å². The number of hydrogen-bond donors (Lipinski definition) is 2. The average molecular weight is 471 g/mol. The van der Waals surface area contributed by atoms with Crippen LogP contribution in [0.5, 0.6) is 5.75 Å². The monoisotopic (exact) mass is 470 g/mol. The molecule has 1 fully saturated rings. The summed E-state index contributed by atoms with van der Waals surface area (Å²) in [5, 5.41) is 13.7. The van der Waals surface area contributed by atoms with Gasteiger partial charge < -0.3 is 9.84 Å². The van der Waals surface area contributed by atoms with Crippen molar-refractivity contribution >= 4 is 44.2 Å². The summed E-state index contributed by atoms with van der Waals surface area (Å²) < 4.78 is 44.4. The number of aromatic nitrogens is 1. The van der Waals surface area contributed by atoms with E-state index in [1.807, 2.05) is 0 Å². The van der Waals surface area contributed by atoms with E-state index in [-0.39, 0.29) is 16.4 Å². The van der Waals surface area contributed by atoms with Crippen LogP contribution in [0.1, 0.15) is 34.3 Å². The highest BCUT2D eigenvalue weighted by Crippen LogP contribution is 2.35. The number of fused-ring (bicyclic) bond motifs is 1. The number of anilines is 1. The van der Waals surface area contributed by atoms with E-state index in [4.69, 9.17) is 16.3 Å². The Hall–Kier alpha value is -2.36. The number of carbonyl (C=O) groups excluding carboxylic acids is 1. The standard InChI is InChI=1S/C21H18ClF3N2O3S/c22-14-8-12(7-11-3-5-30-6-4-11)18(28)15(10-14)19(29)27-20-26-16-2-1-13(21(23,24)25)9-17(16)31-20/h1-2,8-11,28H,3-7H2,(H,26,27,29). The third kappa shape index (κ3) is 4.94. The number of thiazole rings is 1. The van der Waals surface area contributed by atoms with Crippen LogP contribution in [-0.4, -0.2) is 29.2 Å². The molecule has 0 bridgehead atoms. The molecule has 2 N–H and O–H groups in total. The largest absolute Gasteiger partial charge is 0.507 e. The zero-order valence-corrected chi connectivity index (χ0v) is 17.7. The average Bonchev–Trinajstić information content (AvgIpc) is 3.12. The fraction of sp³-hybridized carbons (Fsp3) is 0.333. The van der Waals surface area contributed by atoms with Gasteiger partial charge in [-0.2, -0.15) is 13.2 Å². The maximum atomic E-state index is 12.9. The molecule has 0 aliphatic carbocycles. The zero-order valence-electron chi connectivity index (χ0n) is 16.1. The molecule has 2 aromatic carbocycles. The van der Waals surface area contributed by atoms with Gasteiger partial charge >= 0.3 is 6.18 Å². The Morgan fingerprint density at radius 3 is 2.71 bits per heavy atom. The van der Waals surface area contributed by atoms with E-state index in [9.17, 15) is 23.1 Å². The topological polar surface area (TPSA) is 71.5 Å². The number of amides is 1. The molecule has 1 aliphatic heterocycles. The molecule has 0 saturated carbocycles. The molecule has 0 spiro atoms. The fourth-order valence-corrected chi connectivity index (χ4v) is 4.71. The highest BCUT2D eigenvalue weighted by atomic mass is 35.5. The molecular weight excluding hydrogens is 453 g/mol. The van der Waals surface area contributed by atoms with Crippen molar-refractivity contribution in [1.82, 2.24) is 4.98 Å². The second-order valence-electron chi connectivity index (χ2n) is 7.37. The molecule has 1 saturated heterocycles. The van der Waals surface area contributed by atoms with Crippen LogP contribution >= 0.6 is 22.9 Å². The van der Waals surface area contributed by atoms with E-state index in [0.717, 1.165) is 36.3 Å². The summed E-state index contributed by atoms with van der Waals surface area (Å²) in [7, 11) is 0. The molecule has 4 rings (SSSR count). The van der Waals surface area contributed by atoms with Gasteiger partial charge in [0.2, 0.25) is 0 Å². The Bertz CT molecular complexity index is 1130. The lowest BCUT2D eigenvalue weighted by molar-refractivity contribution is -0.137. The molecule has 10 heteroatoms. The van der Waals surface area contributed by atoms with Crippen LogP contribution in [0.4, 0.5) is 18.3 Å². The third-order valence-electron chi connectivity index (χ3n) is 5.18. The number of alkyl halides is 3. The van der Waals surface area contributed by atoms with E-state index in [2.05, 4.69) is 10.3 Å². The van der Waals surface area contributed by atoms with Gasteiger partial charge in [-0.05, 0) is 61.1 Å². The van der Waals surface area contributed by atoms with Crippen molar-refractivity contribution < 1.29 is 27.8 Å². The third-order valence-corrected chi connectivity index (χ3v) is 6.34. The second kappa shape index (κ2) is 8.64. The van der Waals surface area contributed by atoms with Crippen LogP contribution in [0, 0.1) is 5.92 Å². The van der Waals surface area contributed by atoms with Crippen LogP contribution in [0.15, 0.2) is 30.3 Å². The van der Waals surface area contributed by atoms with Gasteiger partial charge in [-0.15, -0.1) is 0 Å². The van der Waals surface area contributed by atoms with Crippen molar-refractivity contribution in [1.29, 1.82) is 0 Å². The first-order chi connectivity index (χ1) is 14.7. The minimum atomic E-state index is -4.46. The van der Waals surface area contributed by atoms with Crippen LogP contribution < -0.4 is 5.32 Å². The fourth-order valence-electron chi connectivity index (χ4n) is 3.56. The number of rotatable bonds is 4. The first-order valence-electron chi connectivity index (χ1n) is 9.59. The van der Waals surface area contributed by atoms with E-state index in [0.29, 0.717) is 46.4 Å². The van der Waals surface area contributed by atoms with Crippen LogP contribution in [0.25, 0.3) is 10.2 Å². The SMILES string of the molecule is O=C(Nc1nc2ccc(C(F)(F)F)cc2s1)c1cc(Cl)cc(CC2CCOCC2)c1O. The lowest BCUT2D eigenvalue weighted by Gasteiger charge is -2.22. The summed E-state index contributed by atoms with van der Waals surface area (Å²) in [6.07, 6.45) is -2.18. The van der Waals surface area contributed by atoms with Crippen molar-refractivity contribution in [3.05, 3.63) is 52.0 Å². The smallest absolute Gasteiger partial charge is 0.416 e. The molecule has 0 unspecified atom stereocenters. The lowest BCUT2D eigenvalue weighted by Crippen LogP contribution is -2.18. The summed E-state index contributed by atoms with van der Waals surface area (Å²) in [6.45, 7) is 1.32. The summed E-state index contributed by atoms with van der Waals surface area (Å²) >= 11 is 7.10. The first kappa shape index (κ1) is 21.9. The van der Waals surface area contributed by atoms with Crippen LogP contribution in [0.2, 0.25) is 5.02 Å². The normalized spacial score (nSPS) is 15.4. The van der Waals surface area contributed by atoms with E-state index in [1.54, 1.807) is 6.07 Å². The number of nitrogens with one attached hydrogen (secondary N) is 1. The number of phenolic OH excluding ortho intramolecular Hbond substituents is 1. The van der Waals surface area contributed by atoms with Gasteiger partial charge in [0.15, 0.2) is 5.13 Å². The predicted octanol–water partition coefficient (Wildman–Crippen LogP) is 5.90. The number of phenols is 1. The highest BCUT2D eigenvalue weighted by Gasteiger charge is 2.31. The van der Waals surface area contributed by atoms with Gasteiger partial charge in [-0.1, -0.05) is 22.9 Å². The molecule has 3 aromatic rings. The van der Waals surface area contributed by atoms with Crippen LogP contribution in [-0.2, 0) is 17.3 Å². The number of benzene rings is 2. The highest BCUT2D eigenvalue weighted by molar-refractivity contribution is 7.22. The quantitative estimate of drug-likeness (QED) is 0.498. The molecule has 5 nitrogen and oxygen atoms in total. The lowest BCUT2D eigenvalue weighted by atomic mass is 9.91. The Kier molecular flexibility index (Phi) is 6.09. The zero-order chi connectivity index (χ0) is 22.2. The number of hydrogen-bond acceptors (Lipinski definition) is 5. The van der Waals surface area contributed by atoms with Crippen LogP contribution in [0.3, 0.4) is 0 Å². The molecule has 0 radical (unpaired) electrons. The van der Waals surface area contributed by atoms with Gasteiger partial charge in [-0.25, -0.2) is 4.98 Å². The number of carbonyl (C=O) groups is 1. The second-order valence-corrected chi connectivity index (χ2v) is 8.84. The Morgan fingerprint density at radius 1 is 1.26 bits per heavy atom. The van der Waals surface area contributed by atoms with Crippen molar-refractivity contribution in [2.45, 2.75) is 25.4 Å². The van der Waals surface area contributed by atoms with Gasteiger partial charge in [0, 0.05) is 18.2 Å². The molecular formula is C21H18ClF3N2O3S. The minimum absolute atomic E-state index is 0.00945. The summed E-state index contributed by atoms with van der Waals surface area (Å²) in [6, 6.07) is 6.19. The first-order valence-corrected chi connectivity index (χ1v) is 10.8. The van der Waals surface area contributed by atoms with E-state index < -0.39 is 17.6 Å². The maximum absolute atomic E-state index is 12.9. The molecule has 1 aromatic heterocycles. The summed E-state index contributed by atoms with van der Waals surface area (Å²) in [4.78, 5) is 16.9. The van der Waals surface area contributed by atoms with Crippen molar-refractivity contribution in [3.8, 4) is 5.75 Å². The number of ether oxygens (including phenoxy) is 1.